The van der Waals surface area contributed by atoms with Crippen molar-refractivity contribution in [2.45, 2.75) is 101 Å². The van der Waals surface area contributed by atoms with Crippen molar-refractivity contribution in [2.75, 3.05) is 7.11 Å². The highest BCUT2D eigenvalue weighted by atomic mass is 16.7. The predicted octanol–water partition coefficient (Wildman–Crippen LogP) is 1.66. The number of aliphatic hydroxyl groups is 3. The van der Waals surface area contributed by atoms with E-state index in [9.17, 15) is 39.6 Å². The molecule has 296 valence electrons. The lowest BCUT2D eigenvalue weighted by Gasteiger charge is -2.50. The van der Waals surface area contributed by atoms with Crippen LogP contribution in [0.4, 0.5) is 0 Å². The number of phenols is 1. The fourth-order valence-electron chi connectivity index (χ4n) is 7.17. The molecule has 0 spiro atoms. The molecule has 2 fully saturated rings. The van der Waals surface area contributed by atoms with E-state index in [1.165, 1.54) is 33.1 Å². The van der Waals surface area contributed by atoms with Gasteiger partial charge in [0.05, 0.1) is 41.9 Å². The second-order valence-corrected chi connectivity index (χ2v) is 13.8. The van der Waals surface area contributed by atoms with E-state index in [0.29, 0.717) is 10.9 Å². The van der Waals surface area contributed by atoms with Gasteiger partial charge >= 0.3 is 23.2 Å². The monoisotopic (exact) mass is 771 g/mol. The molecule has 10 atom stereocenters. The normalized spacial score (nSPS) is 29.7. The Bertz CT molecular complexity index is 2350. The molecule has 3 aromatic carbocycles. The van der Waals surface area contributed by atoms with Gasteiger partial charge in [0.15, 0.2) is 18.0 Å². The van der Waals surface area contributed by atoms with Crippen LogP contribution in [0.3, 0.4) is 0 Å². The Kier molecular flexibility index (Phi) is 10.8. The van der Waals surface area contributed by atoms with Crippen molar-refractivity contribution in [1.29, 1.82) is 0 Å². The van der Waals surface area contributed by atoms with E-state index in [1.807, 2.05) is 0 Å². The van der Waals surface area contributed by atoms with Gasteiger partial charge in [-0.3, -0.25) is 9.59 Å². The Morgan fingerprint density at radius 3 is 2.15 bits per heavy atom. The number of aryl methyl sites for hydroxylation is 1. The molecule has 2 saturated heterocycles. The summed E-state index contributed by atoms with van der Waals surface area (Å²) >= 11 is 0. The Labute approximate surface area is 310 Å². The number of aromatic hydroxyl groups is 1. The molecule has 0 radical (unpaired) electrons. The summed E-state index contributed by atoms with van der Waals surface area (Å²) in [4.78, 5) is 45.9. The fraction of sp³-hybridized carbons (Fsp3) is 0.459. The second kappa shape index (κ2) is 15.0. The molecule has 18 nitrogen and oxygen atoms in total. The minimum Gasteiger partial charge on any atom is -0.506 e. The largest absolute Gasteiger partial charge is 0.506 e. The molecule has 8 N–H and O–H groups in total. The molecule has 5 aromatic rings. The Morgan fingerprint density at radius 1 is 0.873 bits per heavy atom. The predicted molar refractivity (Wildman–Crippen MR) is 191 cm³/mol. The molecule has 55 heavy (non-hydrogen) atoms. The maximum Gasteiger partial charge on any atom is 0.348 e. The highest BCUT2D eigenvalue weighted by Crippen LogP contribution is 2.46. The summed E-state index contributed by atoms with van der Waals surface area (Å²) in [5, 5.41) is 61.1. The topological polar surface area (TPSA) is 288 Å². The molecule has 2 aromatic heterocycles. The first kappa shape index (κ1) is 39.8. The van der Waals surface area contributed by atoms with Gasteiger partial charge < -0.3 is 68.9 Å². The van der Waals surface area contributed by atoms with Gasteiger partial charge in [0.1, 0.15) is 46.4 Å². The number of aliphatic carboxylic acids is 2. The van der Waals surface area contributed by atoms with Crippen molar-refractivity contribution in [3.63, 3.8) is 0 Å². The van der Waals surface area contributed by atoms with Crippen LogP contribution in [0, 0.1) is 6.92 Å². The van der Waals surface area contributed by atoms with Crippen molar-refractivity contribution in [2.24, 2.45) is 5.73 Å². The lowest BCUT2D eigenvalue weighted by Crippen LogP contribution is -2.69. The van der Waals surface area contributed by atoms with Crippen molar-refractivity contribution < 1.29 is 72.7 Å². The second-order valence-electron chi connectivity index (χ2n) is 13.8. The average molecular weight is 772 g/mol. The quantitative estimate of drug-likeness (QED) is 0.0670. The molecule has 0 unspecified atom stereocenters. The smallest absolute Gasteiger partial charge is 0.348 e. The van der Waals surface area contributed by atoms with Gasteiger partial charge in [-0.05, 0) is 45.4 Å². The van der Waals surface area contributed by atoms with Gasteiger partial charge in [0.2, 0.25) is 6.29 Å². The SMILES string of the molecule is CO[C@@H]1[C@@H](N)[C@@H](O[C@H]2[C@H](Oc3cccc4c(O)c5c(=O)oc6ccc(C)c7c(=O)oc(c34)c5c67)O[C@H](C)[C@H](O)[C@]2(C)O)O[C@H](C)[C@@H]1O.O=C(O)CCC(=O)O. The van der Waals surface area contributed by atoms with E-state index in [4.69, 9.17) is 48.5 Å². The number of methoxy groups -OCH3 is 1. The van der Waals surface area contributed by atoms with Gasteiger partial charge in [-0.15, -0.1) is 0 Å². The van der Waals surface area contributed by atoms with Crippen LogP contribution in [-0.4, -0.2) is 111 Å². The van der Waals surface area contributed by atoms with Gasteiger partial charge in [0, 0.05) is 23.3 Å². The van der Waals surface area contributed by atoms with Crippen molar-refractivity contribution in [3.05, 3.63) is 56.7 Å². The molecule has 4 heterocycles. The van der Waals surface area contributed by atoms with Gasteiger partial charge in [-0.25, -0.2) is 9.59 Å². The molecule has 0 amide bonds. The van der Waals surface area contributed by atoms with Crippen LogP contribution in [0.5, 0.6) is 11.5 Å². The number of rotatable bonds is 8. The summed E-state index contributed by atoms with van der Waals surface area (Å²) < 4.78 is 41.2. The van der Waals surface area contributed by atoms with Gasteiger partial charge in [-0.1, -0.05) is 18.2 Å². The lowest BCUT2D eigenvalue weighted by atomic mass is 9.86. The third-order valence-corrected chi connectivity index (χ3v) is 10.1. The zero-order valence-corrected chi connectivity index (χ0v) is 30.2. The summed E-state index contributed by atoms with van der Waals surface area (Å²) in [6.45, 7) is 6.21. The number of fused-ring (bicyclic) bond motifs is 2. The van der Waals surface area contributed by atoms with Crippen LogP contribution in [0.2, 0.25) is 0 Å². The molecular weight excluding hydrogens is 730 g/mol. The van der Waals surface area contributed by atoms with Crippen LogP contribution in [-0.2, 0) is 28.5 Å². The summed E-state index contributed by atoms with van der Waals surface area (Å²) in [5.74, 6) is -2.54. The Morgan fingerprint density at radius 2 is 1.51 bits per heavy atom. The first-order valence-corrected chi connectivity index (χ1v) is 17.2. The maximum absolute atomic E-state index is 13.4. The summed E-state index contributed by atoms with van der Waals surface area (Å²) in [5.41, 5.74) is 3.52. The Balaban J connectivity index is 0.000000581. The molecule has 7 rings (SSSR count). The number of hydrogen-bond donors (Lipinski definition) is 7. The first-order valence-electron chi connectivity index (χ1n) is 17.2. The van der Waals surface area contributed by atoms with Crippen molar-refractivity contribution in [3.8, 4) is 11.5 Å². The standard InChI is InChI=1S/C33H35NO13.C4H6O4/c1-11-9-10-16-19-17(11)29(38)46-25-18-14(24(36)21(20(19)25)30(39)44-16)7-6-8-15(18)45-32-28(33(4,40)27(37)13(3)43-32)47-31-22(34)26(41-5)23(35)12(2)42-31;5-3(6)1-2-4(7)8/h6-10,12-13,22-23,26-28,31-32,35-37,40H,34H2,1-5H3;1-2H2,(H,5,6)(H,7,8)/t12-,13-,22-,23+,26-,27+,28+,31-,32+,33+;/m1./s1. The van der Waals surface area contributed by atoms with Crippen LogP contribution in [0.1, 0.15) is 39.2 Å². The van der Waals surface area contributed by atoms with Crippen molar-refractivity contribution >= 4 is 55.4 Å². The number of hydrogen-bond acceptors (Lipinski definition) is 16. The number of nitrogens with two attached hydrogens (primary N) is 1. The zero-order valence-electron chi connectivity index (χ0n) is 30.2. The molecule has 2 aliphatic heterocycles. The summed E-state index contributed by atoms with van der Waals surface area (Å²) in [7, 11) is 1.39. The van der Waals surface area contributed by atoms with E-state index < -0.39 is 89.8 Å². The highest BCUT2D eigenvalue weighted by Gasteiger charge is 2.56. The van der Waals surface area contributed by atoms with E-state index in [0.717, 1.165) is 0 Å². The average Bonchev–Trinajstić information content (AvgIpc) is 3.12. The third-order valence-electron chi connectivity index (χ3n) is 10.1. The minimum atomic E-state index is -1.99. The van der Waals surface area contributed by atoms with Crippen LogP contribution in [0.15, 0.2) is 48.8 Å². The number of ether oxygens (including phenoxy) is 5. The number of benzene rings is 3. The molecule has 18 heteroatoms. The number of carboxylic acids is 2. The number of carbonyl (C=O) groups is 2. The minimum absolute atomic E-state index is 0.0328. The molecule has 2 aliphatic rings. The van der Waals surface area contributed by atoms with Crippen LogP contribution in [0.25, 0.3) is 43.5 Å². The van der Waals surface area contributed by atoms with Crippen LogP contribution < -0.4 is 21.7 Å². The van der Waals surface area contributed by atoms with E-state index >= 15 is 0 Å². The van der Waals surface area contributed by atoms with E-state index in [1.54, 1.807) is 32.0 Å². The zero-order chi connectivity index (χ0) is 40.3. The number of carboxylic acid groups (broad SMARTS) is 2. The summed E-state index contributed by atoms with van der Waals surface area (Å²) in [6, 6.07) is 6.77. The Hall–Kier alpha value is -4.92. The first-order chi connectivity index (χ1) is 25.9. The number of phenolic OH excluding ortho intramolecular Hbond substituents is 1. The maximum atomic E-state index is 13.4. The molecule has 0 saturated carbocycles. The van der Waals surface area contributed by atoms with Crippen LogP contribution >= 0.6 is 0 Å². The van der Waals surface area contributed by atoms with E-state index in [-0.39, 0.29) is 56.7 Å². The van der Waals surface area contributed by atoms with Gasteiger partial charge in [-0.2, -0.15) is 0 Å². The molecular formula is C37H41NO17. The molecule has 0 aliphatic carbocycles. The van der Waals surface area contributed by atoms with Crippen molar-refractivity contribution in [1.82, 2.24) is 0 Å². The third kappa shape index (κ3) is 6.95. The highest BCUT2D eigenvalue weighted by molar-refractivity contribution is 6.28. The van der Waals surface area contributed by atoms with Gasteiger partial charge in [0.25, 0.3) is 0 Å². The molecule has 0 bridgehead atoms. The lowest BCUT2D eigenvalue weighted by molar-refractivity contribution is -0.356. The summed E-state index contributed by atoms with van der Waals surface area (Å²) in [6.07, 6.45) is -9.81. The fourth-order valence-corrected chi connectivity index (χ4v) is 7.17. The van der Waals surface area contributed by atoms with E-state index in [2.05, 4.69) is 0 Å². The number of aliphatic hydroxyl groups excluding tert-OH is 2.